The topological polar surface area (TPSA) is 52.9 Å². The molecule has 116 valence electrons. The zero-order valence-corrected chi connectivity index (χ0v) is 14.3. The van der Waals surface area contributed by atoms with Crippen molar-refractivity contribution in [1.82, 2.24) is 5.32 Å². The number of halogens is 1. The number of nitrogens with zero attached hydrogens (tertiary/aromatic N) is 1. The van der Waals surface area contributed by atoms with E-state index in [9.17, 15) is 10.1 Å². The van der Waals surface area contributed by atoms with Crippen molar-refractivity contribution in [3.05, 3.63) is 58.8 Å². The molecule has 0 aliphatic heterocycles. The molecule has 0 fully saturated rings. The van der Waals surface area contributed by atoms with Crippen LogP contribution >= 0.6 is 23.4 Å². The van der Waals surface area contributed by atoms with Gasteiger partial charge in [0.25, 0.3) is 0 Å². The summed E-state index contributed by atoms with van der Waals surface area (Å²) < 4.78 is 0. The Bertz CT molecular complexity index is 602. The molecular weight excluding hydrogens is 316 g/mol. The largest absolute Gasteiger partial charge is 0.381 e. The maximum Gasteiger partial charge on any atom is 0.231 e. The van der Waals surface area contributed by atoms with E-state index in [2.05, 4.69) is 11.9 Å². The predicted octanol–water partition coefficient (Wildman–Crippen LogP) is 4.62. The Balaban J connectivity index is 2.94. The van der Waals surface area contributed by atoms with Crippen LogP contribution in [0.15, 0.2) is 48.2 Å². The molecule has 1 N–H and O–H groups in total. The predicted molar refractivity (Wildman–Crippen MR) is 93.6 cm³/mol. The molecule has 0 spiro atoms. The van der Waals surface area contributed by atoms with E-state index < -0.39 is 0 Å². The van der Waals surface area contributed by atoms with E-state index >= 15 is 0 Å². The smallest absolute Gasteiger partial charge is 0.231 e. The summed E-state index contributed by atoms with van der Waals surface area (Å²) in [6.45, 7) is 7.37. The summed E-state index contributed by atoms with van der Waals surface area (Å²) in [6.07, 6.45) is 2.47. The fourth-order valence-corrected chi connectivity index (χ4v) is 2.68. The minimum atomic E-state index is -0.238. The molecule has 3 nitrogen and oxygen atoms in total. The van der Waals surface area contributed by atoms with Crippen molar-refractivity contribution < 1.29 is 4.79 Å². The first-order valence-electron chi connectivity index (χ1n) is 6.94. The molecule has 22 heavy (non-hydrogen) atoms. The number of thioether (sulfide) groups is 1. The SMILES string of the molecule is C=CCSC(=O)C(C#N)=C(C)NC(CC)c1ccc(Cl)cc1. The van der Waals surface area contributed by atoms with Crippen molar-refractivity contribution in [2.75, 3.05) is 5.75 Å². The molecular formula is C17H19ClN2OS. The highest BCUT2D eigenvalue weighted by atomic mass is 35.5. The van der Waals surface area contributed by atoms with E-state index in [1.54, 1.807) is 13.0 Å². The van der Waals surface area contributed by atoms with Gasteiger partial charge in [-0.3, -0.25) is 4.79 Å². The average molecular weight is 335 g/mol. The number of hydrogen-bond acceptors (Lipinski definition) is 4. The van der Waals surface area contributed by atoms with Gasteiger partial charge in [0.05, 0.1) is 6.04 Å². The lowest BCUT2D eigenvalue weighted by atomic mass is 10.0. The molecule has 1 rings (SSSR count). The highest BCUT2D eigenvalue weighted by Crippen LogP contribution is 2.22. The second kappa shape index (κ2) is 9.34. The van der Waals surface area contributed by atoms with Crippen molar-refractivity contribution in [1.29, 1.82) is 5.26 Å². The summed E-state index contributed by atoms with van der Waals surface area (Å²) >= 11 is 6.98. The van der Waals surface area contributed by atoms with Crippen LogP contribution in [-0.2, 0) is 4.79 Å². The lowest BCUT2D eigenvalue weighted by Gasteiger charge is -2.20. The third kappa shape index (κ3) is 5.25. The van der Waals surface area contributed by atoms with E-state index in [-0.39, 0.29) is 16.7 Å². The van der Waals surface area contributed by atoms with Gasteiger partial charge in [-0.2, -0.15) is 5.26 Å². The van der Waals surface area contributed by atoms with Gasteiger partial charge < -0.3 is 5.32 Å². The Morgan fingerprint density at radius 2 is 2.14 bits per heavy atom. The molecule has 1 atom stereocenters. The highest BCUT2D eigenvalue weighted by Gasteiger charge is 2.16. The van der Waals surface area contributed by atoms with E-state index in [0.717, 1.165) is 23.7 Å². The highest BCUT2D eigenvalue weighted by molar-refractivity contribution is 8.14. The summed E-state index contributed by atoms with van der Waals surface area (Å²) in [5, 5.41) is 12.9. The molecule has 0 aromatic heterocycles. The van der Waals surface area contributed by atoms with Gasteiger partial charge in [-0.1, -0.05) is 48.5 Å². The number of nitriles is 1. The first kappa shape index (κ1) is 18.3. The van der Waals surface area contributed by atoms with Crippen molar-refractivity contribution in [3.63, 3.8) is 0 Å². The summed E-state index contributed by atoms with van der Waals surface area (Å²) in [5.41, 5.74) is 1.81. The quantitative estimate of drug-likeness (QED) is 0.449. The van der Waals surface area contributed by atoms with Crippen LogP contribution in [-0.4, -0.2) is 10.9 Å². The van der Waals surface area contributed by atoms with Gasteiger partial charge >= 0.3 is 0 Å². The fourth-order valence-electron chi connectivity index (χ4n) is 1.94. The molecule has 0 amide bonds. The van der Waals surface area contributed by atoms with Crippen LogP contribution in [0.4, 0.5) is 0 Å². The number of rotatable bonds is 7. The number of benzene rings is 1. The minimum Gasteiger partial charge on any atom is -0.381 e. The molecule has 0 saturated heterocycles. The summed E-state index contributed by atoms with van der Waals surface area (Å²) in [6, 6.07) is 9.56. The zero-order chi connectivity index (χ0) is 16.5. The molecule has 0 heterocycles. The van der Waals surface area contributed by atoms with Crippen LogP contribution in [0.1, 0.15) is 31.9 Å². The maximum atomic E-state index is 12.0. The molecule has 1 unspecified atom stereocenters. The lowest BCUT2D eigenvalue weighted by Crippen LogP contribution is -2.21. The number of allylic oxidation sites excluding steroid dienone is 1. The first-order valence-corrected chi connectivity index (χ1v) is 8.30. The Labute approximate surface area is 141 Å². The van der Waals surface area contributed by atoms with Gasteiger partial charge in [-0.25, -0.2) is 0 Å². The lowest BCUT2D eigenvalue weighted by molar-refractivity contribution is -0.107. The summed E-state index contributed by atoms with van der Waals surface area (Å²) in [4.78, 5) is 12.0. The van der Waals surface area contributed by atoms with Crippen LogP contribution in [0, 0.1) is 11.3 Å². The van der Waals surface area contributed by atoms with Crippen molar-refractivity contribution >= 4 is 28.5 Å². The van der Waals surface area contributed by atoms with E-state index in [0.29, 0.717) is 16.5 Å². The normalized spacial score (nSPS) is 12.8. The molecule has 0 radical (unpaired) electrons. The number of hydrogen-bond donors (Lipinski definition) is 1. The van der Waals surface area contributed by atoms with E-state index in [1.165, 1.54) is 0 Å². The summed E-state index contributed by atoms with van der Waals surface area (Å²) in [7, 11) is 0. The Hall–Kier alpha value is -1.70. The van der Waals surface area contributed by atoms with Crippen LogP contribution in [0.3, 0.4) is 0 Å². The number of carbonyl (C=O) groups excluding carboxylic acids is 1. The van der Waals surface area contributed by atoms with Crippen LogP contribution < -0.4 is 5.32 Å². The molecule has 5 heteroatoms. The number of carbonyl (C=O) groups is 1. The third-order valence-electron chi connectivity index (χ3n) is 3.09. The second-order valence-electron chi connectivity index (χ2n) is 4.66. The monoisotopic (exact) mass is 334 g/mol. The first-order chi connectivity index (χ1) is 10.5. The minimum absolute atomic E-state index is 0.0258. The van der Waals surface area contributed by atoms with Gasteiger partial charge in [0.1, 0.15) is 11.6 Å². The zero-order valence-electron chi connectivity index (χ0n) is 12.7. The van der Waals surface area contributed by atoms with E-state index in [4.69, 9.17) is 11.6 Å². The van der Waals surface area contributed by atoms with Crippen LogP contribution in [0.5, 0.6) is 0 Å². The molecule has 1 aromatic carbocycles. The van der Waals surface area contributed by atoms with Crippen LogP contribution in [0.2, 0.25) is 5.02 Å². The Morgan fingerprint density at radius 1 is 1.50 bits per heavy atom. The fraction of sp³-hybridized carbons (Fsp3) is 0.294. The van der Waals surface area contributed by atoms with Crippen LogP contribution in [0.25, 0.3) is 0 Å². The maximum absolute atomic E-state index is 12.0. The van der Waals surface area contributed by atoms with Gasteiger partial charge in [0, 0.05) is 16.5 Å². The van der Waals surface area contributed by atoms with Crippen molar-refractivity contribution in [3.8, 4) is 6.07 Å². The molecule has 0 aliphatic rings. The van der Waals surface area contributed by atoms with E-state index in [1.807, 2.05) is 37.3 Å². The molecule has 0 saturated carbocycles. The van der Waals surface area contributed by atoms with Crippen molar-refractivity contribution in [2.45, 2.75) is 26.3 Å². The molecule has 1 aromatic rings. The standard InChI is InChI=1S/C17H19ClN2OS/c1-4-10-22-17(21)15(11-19)12(3)20-16(5-2)13-6-8-14(18)9-7-13/h4,6-9,16,20H,1,5,10H2,2-3H3. The van der Waals surface area contributed by atoms with Gasteiger partial charge in [-0.05, 0) is 31.0 Å². The molecule has 0 aliphatic carbocycles. The van der Waals surface area contributed by atoms with Crippen molar-refractivity contribution in [2.24, 2.45) is 0 Å². The Kier molecular flexibility index (Phi) is 7.79. The number of nitrogens with one attached hydrogen (secondary N) is 1. The van der Waals surface area contributed by atoms with Gasteiger partial charge in [-0.15, -0.1) is 6.58 Å². The third-order valence-corrected chi connectivity index (χ3v) is 4.22. The second-order valence-corrected chi connectivity index (χ2v) is 6.08. The average Bonchev–Trinajstić information content (AvgIpc) is 2.52. The summed E-state index contributed by atoms with van der Waals surface area (Å²) in [5.74, 6) is 0.492. The van der Waals surface area contributed by atoms with Gasteiger partial charge in [0.15, 0.2) is 0 Å². The Morgan fingerprint density at radius 3 is 2.64 bits per heavy atom. The molecule has 0 bridgehead atoms. The van der Waals surface area contributed by atoms with Gasteiger partial charge in [0.2, 0.25) is 5.12 Å².